The van der Waals surface area contributed by atoms with Crippen LogP contribution in [0.4, 0.5) is 0 Å². The summed E-state index contributed by atoms with van der Waals surface area (Å²) >= 11 is 0. The molecule has 0 atom stereocenters. The van der Waals surface area contributed by atoms with Gasteiger partial charge in [-0.15, -0.1) is 0 Å². The highest BCUT2D eigenvalue weighted by molar-refractivity contribution is 5.97. The summed E-state index contributed by atoms with van der Waals surface area (Å²) in [5.74, 6) is -0.0438. The van der Waals surface area contributed by atoms with Crippen LogP contribution >= 0.6 is 0 Å². The zero-order chi connectivity index (χ0) is 18.6. The predicted molar refractivity (Wildman–Crippen MR) is 105 cm³/mol. The summed E-state index contributed by atoms with van der Waals surface area (Å²) in [5.41, 5.74) is 4.29. The van der Waals surface area contributed by atoms with E-state index in [0.717, 1.165) is 22.2 Å². The topological polar surface area (TPSA) is 61.9 Å². The van der Waals surface area contributed by atoms with Gasteiger partial charge in [-0.2, -0.15) is 5.10 Å². The number of aromatic nitrogens is 3. The fraction of sp³-hybridized carbons (Fsp3) is 0.136. The van der Waals surface area contributed by atoms with Crippen LogP contribution in [0.2, 0.25) is 0 Å². The van der Waals surface area contributed by atoms with E-state index in [-0.39, 0.29) is 5.91 Å². The number of aromatic amines is 1. The Hall–Kier alpha value is -3.47. The minimum Gasteiger partial charge on any atom is -0.330 e. The molecule has 2 heterocycles. The number of H-pyrrole nitrogens is 1. The SMILES string of the molecule is Cc1[nH]nc2ncc(C(=O)N(Cc3ccccc3)Cc3ccccc3)cc12. The van der Waals surface area contributed by atoms with Crippen LogP contribution in [0.1, 0.15) is 27.2 Å². The minimum atomic E-state index is -0.0438. The number of carbonyl (C=O) groups is 1. The largest absolute Gasteiger partial charge is 0.330 e. The predicted octanol–water partition coefficient (Wildman–Crippen LogP) is 4.11. The first-order valence-electron chi connectivity index (χ1n) is 8.88. The van der Waals surface area contributed by atoms with Crippen molar-refractivity contribution in [1.82, 2.24) is 20.1 Å². The lowest BCUT2D eigenvalue weighted by Crippen LogP contribution is -2.30. The van der Waals surface area contributed by atoms with Gasteiger partial charge in [0.2, 0.25) is 0 Å². The maximum absolute atomic E-state index is 13.3. The number of pyridine rings is 1. The van der Waals surface area contributed by atoms with Crippen molar-refractivity contribution in [1.29, 1.82) is 0 Å². The third-order valence-electron chi connectivity index (χ3n) is 4.57. The first kappa shape index (κ1) is 17.0. The first-order chi connectivity index (χ1) is 13.2. The molecule has 4 aromatic rings. The molecule has 0 radical (unpaired) electrons. The third kappa shape index (κ3) is 3.72. The standard InChI is InChI=1S/C22H20N4O/c1-16-20-12-19(13-23-21(20)25-24-16)22(27)26(14-17-8-4-2-5-9-17)15-18-10-6-3-7-11-18/h2-13H,14-15H2,1H3,(H,23,24,25). The van der Waals surface area contributed by atoms with E-state index in [2.05, 4.69) is 15.2 Å². The Bertz CT molecular complexity index is 1020. The number of fused-ring (bicyclic) bond motifs is 1. The minimum absolute atomic E-state index is 0.0438. The smallest absolute Gasteiger partial charge is 0.256 e. The van der Waals surface area contributed by atoms with Gasteiger partial charge in [0.1, 0.15) is 0 Å². The molecule has 0 unspecified atom stereocenters. The lowest BCUT2D eigenvalue weighted by molar-refractivity contribution is 0.0730. The van der Waals surface area contributed by atoms with Crippen molar-refractivity contribution in [2.45, 2.75) is 20.0 Å². The fourth-order valence-corrected chi connectivity index (χ4v) is 3.13. The van der Waals surface area contributed by atoms with Crippen molar-refractivity contribution >= 4 is 16.9 Å². The summed E-state index contributed by atoms with van der Waals surface area (Å²) in [5, 5.41) is 7.93. The number of hydrogen-bond donors (Lipinski definition) is 1. The number of carbonyl (C=O) groups excluding carboxylic acids is 1. The molecule has 0 aliphatic heterocycles. The normalized spacial score (nSPS) is 10.9. The average Bonchev–Trinajstić information content (AvgIpc) is 3.09. The molecule has 4 rings (SSSR count). The molecule has 2 aromatic carbocycles. The molecule has 0 aliphatic rings. The van der Waals surface area contributed by atoms with Crippen LogP contribution in [0.5, 0.6) is 0 Å². The monoisotopic (exact) mass is 356 g/mol. The molecule has 2 aromatic heterocycles. The summed E-state index contributed by atoms with van der Waals surface area (Å²) in [6.45, 7) is 3.00. The molecule has 0 bridgehead atoms. The number of amides is 1. The Kier molecular flexibility index (Phi) is 4.66. The van der Waals surface area contributed by atoms with Gasteiger partial charge in [0, 0.05) is 30.4 Å². The molecule has 27 heavy (non-hydrogen) atoms. The van der Waals surface area contributed by atoms with Gasteiger partial charge >= 0.3 is 0 Å². The summed E-state index contributed by atoms with van der Waals surface area (Å²) in [6.07, 6.45) is 1.61. The van der Waals surface area contributed by atoms with Gasteiger partial charge in [-0.1, -0.05) is 60.7 Å². The van der Waals surface area contributed by atoms with E-state index in [4.69, 9.17) is 0 Å². The molecular weight excluding hydrogens is 336 g/mol. The molecular formula is C22H20N4O. The van der Waals surface area contributed by atoms with E-state index in [0.29, 0.717) is 24.3 Å². The quantitative estimate of drug-likeness (QED) is 0.585. The lowest BCUT2D eigenvalue weighted by Gasteiger charge is -2.23. The van der Waals surface area contributed by atoms with E-state index in [1.165, 1.54) is 0 Å². The van der Waals surface area contributed by atoms with Crippen molar-refractivity contribution in [3.63, 3.8) is 0 Å². The Labute approximate surface area is 157 Å². The Morgan fingerprint density at radius 3 is 2.15 bits per heavy atom. The Balaban J connectivity index is 1.67. The highest BCUT2D eigenvalue weighted by atomic mass is 16.2. The molecule has 1 N–H and O–H groups in total. The number of aryl methyl sites for hydroxylation is 1. The number of benzene rings is 2. The van der Waals surface area contributed by atoms with Gasteiger partial charge in [-0.25, -0.2) is 4.98 Å². The van der Waals surface area contributed by atoms with Crippen LogP contribution in [0.15, 0.2) is 72.9 Å². The maximum Gasteiger partial charge on any atom is 0.256 e. The van der Waals surface area contributed by atoms with Crippen LogP contribution in [0.25, 0.3) is 11.0 Å². The highest BCUT2D eigenvalue weighted by Crippen LogP contribution is 2.18. The van der Waals surface area contributed by atoms with Gasteiger partial charge in [0.15, 0.2) is 5.65 Å². The zero-order valence-corrected chi connectivity index (χ0v) is 15.1. The Morgan fingerprint density at radius 1 is 0.963 bits per heavy atom. The van der Waals surface area contributed by atoms with Gasteiger partial charge < -0.3 is 4.90 Å². The molecule has 0 saturated heterocycles. The van der Waals surface area contributed by atoms with Crippen LogP contribution < -0.4 is 0 Å². The molecule has 134 valence electrons. The first-order valence-corrected chi connectivity index (χ1v) is 8.88. The van der Waals surface area contributed by atoms with Crippen molar-refractivity contribution in [2.24, 2.45) is 0 Å². The van der Waals surface area contributed by atoms with Gasteiger partial charge in [0.25, 0.3) is 5.91 Å². The van der Waals surface area contributed by atoms with E-state index in [1.54, 1.807) is 6.20 Å². The second kappa shape index (κ2) is 7.41. The number of rotatable bonds is 5. The highest BCUT2D eigenvalue weighted by Gasteiger charge is 2.18. The molecule has 1 amide bonds. The molecule has 0 aliphatic carbocycles. The summed E-state index contributed by atoms with van der Waals surface area (Å²) in [6, 6.07) is 21.9. The average molecular weight is 356 g/mol. The second-order valence-corrected chi connectivity index (χ2v) is 6.58. The van der Waals surface area contributed by atoms with E-state index >= 15 is 0 Å². The number of hydrogen-bond acceptors (Lipinski definition) is 3. The van der Waals surface area contributed by atoms with Crippen LogP contribution in [-0.4, -0.2) is 26.0 Å². The van der Waals surface area contributed by atoms with Crippen molar-refractivity contribution < 1.29 is 4.79 Å². The van der Waals surface area contributed by atoms with E-state index in [9.17, 15) is 4.79 Å². The summed E-state index contributed by atoms with van der Waals surface area (Å²) in [7, 11) is 0. The number of nitrogens with one attached hydrogen (secondary N) is 1. The second-order valence-electron chi connectivity index (χ2n) is 6.58. The van der Waals surface area contributed by atoms with Crippen molar-refractivity contribution in [3.8, 4) is 0 Å². The number of nitrogens with zero attached hydrogens (tertiary/aromatic N) is 3. The Morgan fingerprint density at radius 2 is 1.56 bits per heavy atom. The van der Waals surface area contributed by atoms with Crippen LogP contribution in [0.3, 0.4) is 0 Å². The molecule has 0 spiro atoms. The van der Waals surface area contributed by atoms with Crippen molar-refractivity contribution in [3.05, 3.63) is 95.3 Å². The van der Waals surface area contributed by atoms with Gasteiger partial charge in [-0.3, -0.25) is 9.89 Å². The van der Waals surface area contributed by atoms with Crippen LogP contribution in [0, 0.1) is 6.92 Å². The zero-order valence-electron chi connectivity index (χ0n) is 15.1. The van der Waals surface area contributed by atoms with E-state index in [1.807, 2.05) is 78.6 Å². The molecule has 5 nitrogen and oxygen atoms in total. The van der Waals surface area contributed by atoms with E-state index < -0.39 is 0 Å². The van der Waals surface area contributed by atoms with Gasteiger partial charge in [0.05, 0.1) is 5.56 Å². The van der Waals surface area contributed by atoms with Crippen molar-refractivity contribution in [2.75, 3.05) is 0 Å². The third-order valence-corrected chi connectivity index (χ3v) is 4.57. The van der Waals surface area contributed by atoms with Crippen LogP contribution in [-0.2, 0) is 13.1 Å². The lowest BCUT2D eigenvalue weighted by atomic mass is 10.1. The van der Waals surface area contributed by atoms with Gasteiger partial charge in [-0.05, 0) is 24.1 Å². The summed E-state index contributed by atoms with van der Waals surface area (Å²) in [4.78, 5) is 19.5. The molecule has 0 saturated carbocycles. The molecule has 5 heteroatoms. The molecule has 0 fully saturated rings. The fourth-order valence-electron chi connectivity index (χ4n) is 3.13. The summed E-state index contributed by atoms with van der Waals surface area (Å²) < 4.78 is 0. The maximum atomic E-state index is 13.3.